The number of hydrogen-bond donors (Lipinski definition) is 0. The Morgan fingerprint density at radius 3 is 2.31 bits per heavy atom. The lowest BCUT2D eigenvalue weighted by Gasteiger charge is -2.26. The highest BCUT2D eigenvalue weighted by molar-refractivity contribution is 6.01. The van der Waals surface area contributed by atoms with Crippen molar-refractivity contribution in [2.45, 2.75) is 20.4 Å². The number of rotatable bonds is 2. The predicted octanol–water partition coefficient (Wildman–Crippen LogP) is 5.73. The molecule has 1 heterocycles. The first-order chi connectivity index (χ1) is 14.0. The number of anilines is 1. The highest BCUT2D eigenvalue weighted by Gasteiger charge is 2.21. The molecule has 4 heteroatoms. The van der Waals surface area contributed by atoms with Gasteiger partial charge in [-0.1, -0.05) is 54.6 Å². The van der Waals surface area contributed by atoms with Gasteiger partial charge in [-0.3, -0.25) is 9.59 Å². The largest absolute Gasteiger partial charge is 0.308 e. The van der Waals surface area contributed by atoms with Crippen LogP contribution < -0.4 is 4.90 Å². The Hall–Kier alpha value is -3.53. The highest BCUT2D eigenvalue weighted by atomic mass is 19.1. The van der Waals surface area contributed by atoms with E-state index in [0.717, 1.165) is 16.8 Å². The Morgan fingerprint density at radius 1 is 0.862 bits per heavy atom. The number of carbonyl (C=O) groups is 2. The van der Waals surface area contributed by atoms with Crippen molar-refractivity contribution in [2.24, 2.45) is 0 Å². The lowest BCUT2D eigenvalue weighted by Crippen LogP contribution is -2.29. The zero-order valence-electron chi connectivity index (χ0n) is 16.3. The fourth-order valence-electron chi connectivity index (χ4n) is 3.75. The van der Waals surface area contributed by atoms with Crippen LogP contribution in [0.4, 0.5) is 10.1 Å². The average molecular weight is 385 g/mol. The molecule has 0 saturated carbocycles. The SMILES string of the molecule is CC(=O)c1ccccc1-c1cc2c(cc1F)C=Cc1ccccc1N(C(C)=O)C2. The minimum atomic E-state index is -0.398. The van der Waals surface area contributed by atoms with Gasteiger partial charge in [0.15, 0.2) is 5.78 Å². The second-order valence-corrected chi connectivity index (χ2v) is 7.13. The van der Waals surface area contributed by atoms with Crippen molar-refractivity contribution in [2.75, 3.05) is 4.90 Å². The maximum absolute atomic E-state index is 15.1. The van der Waals surface area contributed by atoms with Gasteiger partial charge in [-0.25, -0.2) is 4.39 Å². The second kappa shape index (κ2) is 7.47. The van der Waals surface area contributed by atoms with E-state index in [0.29, 0.717) is 28.8 Å². The van der Waals surface area contributed by atoms with Crippen LogP contribution in [0.25, 0.3) is 23.3 Å². The smallest absolute Gasteiger partial charge is 0.224 e. The van der Waals surface area contributed by atoms with Gasteiger partial charge >= 0.3 is 0 Å². The van der Waals surface area contributed by atoms with E-state index in [2.05, 4.69) is 0 Å². The molecule has 1 amide bonds. The Labute approximate surface area is 169 Å². The Bertz CT molecular complexity index is 1160. The quantitative estimate of drug-likeness (QED) is 0.528. The third-order valence-electron chi connectivity index (χ3n) is 5.20. The molecule has 0 radical (unpaired) electrons. The molecule has 3 aromatic carbocycles. The van der Waals surface area contributed by atoms with Gasteiger partial charge < -0.3 is 4.90 Å². The van der Waals surface area contributed by atoms with Crippen LogP contribution in [0.3, 0.4) is 0 Å². The van der Waals surface area contributed by atoms with E-state index in [9.17, 15) is 9.59 Å². The van der Waals surface area contributed by atoms with Gasteiger partial charge in [0, 0.05) is 18.1 Å². The van der Waals surface area contributed by atoms with Crippen LogP contribution >= 0.6 is 0 Å². The summed E-state index contributed by atoms with van der Waals surface area (Å²) in [6, 6.07) is 17.9. The molecule has 0 saturated heterocycles. The molecule has 3 nitrogen and oxygen atoms in total. The first kappa shape index (κ1) is 18.8. The van der Waals surface area contributed by atoms with Crippen molar-refractivity contribution in [1.29, 1.82) is 0 Å². The summed E-state index contributed by atoms with van der Waals surface area (Å²) in [4.78, 5) is 26.1. The summed E-state index contributed by atoms with van der Waals surface area (Å²) in [6.07, 6.45) is 3.77. The van der Waals surface area contributed by atoms with Gasteiger partial charge in [-0.2, -0.15) is 0 Å². The number of ketones is 1. The van der Waals surface area contributed by atoms with Gasteiger partial charge in [0.2, 0.25) is 5.91 Å². The van der Waals surface area contributed by atoms with Crippen molar-refractivity contribution in [1.82, 2.24) is 0 Å². The number of amides is 1. The summed E-state index contributed by atoms with van der Waals surface area (Å²) in [6.45, 7) is 3.32. The van der Waals surface area contributed by atoms with E-state index in [4.69, 9.17) is 0 Å². The zero-order valence-corrected chi connectivity index (χ0v) is 16.3. The fraction of sp³-hybridized carbons (Fsp3) is 0.120. The number of Topliss-reactive ketones (excluding diaryl/α,β-unsaturated/α-hetero) is 1. The van der Waals surface area contributed by atoms with Gasteiger partial charge in [-0.15, -0.1) is 0 Å². The van der Waals surface area contributed by atoms with Gasteiger partial charge in [0.25, 0.3) is 0 Å². The van der Waals surface area contributed by atoms with E-state index in [-0.39, 0.29) is 11.7 Å². The van der Waals surface area contributed by atoms with Gasteiger partial charge in [0.1, 0.15) is 5.82 Å². The molecule has 0 spiro atoms. The van der Waals surface area contributed by atoms with E-state index >= 15 is 4.39 Å². The number of benzene rings is 3. The van der Waals surface area contributed by atoms with Crippen LogP contribution in [0, 0.1) is 5.82 Å². The Balaban J connectivity index is 1.91. The summed E-state index contributed by atoms with van der Waals surface area (Å²) < 4.78 is 15.1. The molecule has 1 aliphatic heterocycles. The van der Waals surface area contributed by atoms with Crippen LogP contribution in [-0.4, -0.2) is 11.7 Å². The molecular formula is C25H20FNO2. The molecule has 1 aliphatic rings. The van der Waals surface area contributed by atoms with Crippen molar-refractivity contribution in [3.8, 4) is 11.1 Å². The molecule has 0 N–H and O–H groups in total. The third kappa shape index (κ3) is 3.49. The highest BCUT2D eigenvalue weighted by Crippen LogP contribution is 2.34. The first-order valence-corrected chi connectivity index (χ1v) is 9.43. The minimum absolute atomic E-state index is 0.0892. The van der Waals surface area contributed by atoms with Crippen LogP contribution in [0.1, 0.15) is 40.9 Å². The van der Waals surface area contributed by atoms with Crippen LogP contribution in [0.15, 0.2) is 60.7 Å². The summed E-state index contributed by atoms with van der Waals surface area (Å²) in [5, 5.41) is 0. The number of para-hydroxylation sites is 1. The summed E-state index contributed by atoms with van der Waals surface area (Å²) >= 11 is 0. The van der Waals surface area contributed by atoms with E-state index < -0.39 is 5.82 Å². The van der Waals surface area contributed by atoms with Crippen LogP contribution in [-0.2, 0) is 11.3 Å². The van der Waals surface area contributed by atoms with Gasteiger partial charge in [0.05, 0.1) is 12.2 Å². The van der Waals surface area contributed by atoms with Crippen molar-refractivity contribution in [3.05, 3.63) is 88.7 Å². The Kier molecular flexibility index (Phi) is 4.85. The molecule has 0 aromatic heterocycles. The molecule has 0 atom stereocenters. The third-order valence-corrected chi connectivity index (χ3v) is 5.20. The van der Waals surface area contributed by atoms with Crippen molar-refractivity contribution < 1.29 is 14.0 Å². The topological polar surface area (TPSA) is 37.4 Å². The molecule has 3 aromatic rings. The van der Waals surface area contributed by atoms with E-state index in [1.165, 1.54) is 19.9 Å². The number of halogens is 1. The molecular weight excluding hydrogens is 365 g/mol. The van der Waals surface area contributed by atoms with Gasteiger partial charge in [-0.05, 0) is 47.4 Å². The number of fused-ring (bicyclic) bond motifs is 2. The van der Waals surface area contributed by atoms with Crippen LogP contribution in [0.5, 0.6) is 0 Å². The Morgan fingerprint density at radius 2 is 1.55 bits per heavy atom. The molecule has 0 fully saturated rings. The standard InChI is InChI=1S/C25H20FNO2/c1-16(28)21-8-4-5-9-22(21)23-13-20-15-27(17(2)29)25-10-6-3-7-18(25)11-12-19(20)14-24(23)26/h3-14H,15H2,1-2H3. The molecule has 4 rings (SSSR count). The van der Waals surface area contributed by atoms with Crippen molar-refractivity contribution in [3.63, 3.8) is 0 Å². The fourth-order valence-corrected chi connectivity index (χ4v) is 3.75. The summed E-state index contributed by atoms with van der Waals surface area (Å²) in [5.74, 6) is -0.607. The van der Waals surface area contributed by atoms with Crippen molar-refractivity contribution >= 4 is 29.5 Å². The lowest BCUT2D eigenvalue weighted by atomic mass is 9.92. The second-order valence-electron chi connectivity index (χ2n) is 7.13. The number of hydrogen-bond acceptors (Lipinski definition) is 2. The molecule has 0 bridgehead atoms. The number of carbonyl (C=O) groups excluding carboxylic acids is 2. The summed E-state index contributed by atoms with van der Waals surface area (Å²) in [5.41, 5.74) is 4.65. The molecule has 144 valence electrons. The number of nitrogens with zero attached hydrogens (tertiary/aromatic N) is 1. The molecule has 0 aliphatic carbocycles. The zero-order chi connectivity index (χ0) is 20.5. The lowest BCUT2D eigenvalue weighted by molar-refractivity contribution is -0.116. The average Bonchev–Trinajstić information content (AvgIpc) is 2.70. The summed E-state index contributed by atoms with van der Waals surface area (Å²) in [7, 11) is 0. The van der Waals surface area contributed by atoms with E-state index in [1.807, 2.05) is 36.4 Å². The maximum atomic E-state index is 15.1. The predicted molar refractivity (Wildman–Crippen MR) is 114 cm³/mol. The van der Waals surface area contributed by atoms with Crippen LogP contribution in [0.2, 0.25) is 0 Å². The maximum Gasteiger partial charge on any atom is 0.224 e. The monoisotopic (exact) mass is 385 g/mol. The van der Waals surface area contributed by atoms with E-state index in [1.54, 1.807) is 35.2 Å². The normalized spacial score (nSPS) is 12.6. The minimum Gasteiger partial charge on any atom is -0.308 e. The first-order valence-electron chi connectivity index (χ1n) is 9.43. The molecule has 29 heavy (non-hydrogen) atoms. The molecule has 0 unspecified atom stereocenters.